The molecule has 5 rings (SSSR count). The van der Waals surface area contributed by atoms with E-state index in [2.05, 4.69) is 52.3 Å². The van der Waals surface area contributed by atoms with Crippen molar-refractivity contribution in [3.8, 4) is 11.3 Å². The van der Waals surface area contributed by atoms with Gasteiger partial charge in [0.05, 0.1) is 5.69 Å². The molecule has 2 aliphatic rings. The molecule has 152 valence electrons. The van der Waals surface area contributed by atoms with Crippen LogP contribution < -0.4 is 9.80 Å². The maximum absolute atomic E-state index is 11.1. The summed E-state index contributed by atoms with van der Waals surface area (Å²) >= 11 is 0. The van der Waals surface area contributed by atoms with Gasteiger partial charge in [-0.05, 0) is 17.5 Å². The van der Waals surface area contributed by atoms with Crippen LogP contribution >= 0.6 is 0 Å². The third-order valence-corrected chi connectivity index (χ3v) is 5.97. The summed E-state index contributed by atoms with van der Waals surface area (Å²) in [7, 11) is 0. The monoisotopic (exact) mass is 399 g/mol. The van der Waals surface area contributed by atoms with Crippen molar-refractivity contribution in [3.05, 3.63) is 71.8 Å². The average Bonchev–Trinajstić information content (AvgIpc) is 2.84. The van der Waals surface area contributed by atoms with Gasteiger partial charge in [0.2, 0.25) is 12.4 Å². The standard InChI is InChI=1S/C24H25N5O/c30-18-27-12-14-28(15-13-27)24-25-22(20-7-2-1-3-8-20)16-23(26-24)29-11-10-19-6-4-5-9-21(19)17-29/h1-9,16,18H,10-15,17H2. The number of amides is 1. The lowest BCUT2D eigenvalue weighted by atomic mass is 10.00. The Morgan fingerprint density at radius 2 is 1.50 bits per heavy atom. The highest BCUT2D eigenvalue weighted by molar-refractivity contribution is 5.65. The Hall–Kier alpha value is -3.41. The van der Waals surface area contributed by atoms with E-state index in [0.29, 0.717) is 13.1 Å². The van der Waals surface area contributed by atoms with E-state index in [9.17, 15) is 4.79 Å². The van der Waals surface area contributed by atoms with Gasteiger partial charge in [-0.15, -0.1) is 0 Å². The van der Waals surface area contributed by atoms with Crippen molar-refractivity contribution in [2.45, 2.75) is 13.0 Å². The predicted octanol–water partition coefficient (Wildman–Crippen LogP) is 2.98. The van der Waals surface area contributed by atoms with Crippen molar-refractivity contribution in [1.29, 1.82) is 0 Å². The Kier molecular flexibility index (Phi) is 5.05. The molecule has 1 fully saturated rings. The zero-order valence-electron chi connectivity index (χ0n) is 16.9. The Morgan fingerprint density at radius 3 is 2.27 bits per heavy atom. The number of aromatic nitrogens is 2. The van der Waals surface area contributed by atoms with Crippen molar-refractivity contribution >= 4 is 18.2 Å². The van der Waals surface area contributed by atoms with Gasteiger partial charge < -0.3 is 14.7 Å². The molecule has 0 aliphatic carbocycles. The Morgan fingerprint density at radius 1 is 0.767 bits per heavy atom. The first kappa shape index (κ1) is 18.6. The number of carbonyl (C=O) groups is 1. The van der Waals surface area contributed by atoms with Crippen molar-refractivity contribution in [1.82, 2.24) is 14.9 Å². The molecule has 30 heavy (non-hydrogen) atoms. The molecule has 6 nitrogen and oxygen atoms in total. The average molecular weight is 399 g/mol. The van der Waals surface area contributed by atoms with E-state index >= 15 is 0 Å². The Bertz CT molecular complexity index is 1030. The minimum Gasteiger partial charge on any atom is -0.352 e. The third-order valence-electron chi connectivity index (χ3n) is 5.97. The number of nitrogens with zero attached hydrogens (tertiary/aromatic N) is 5. The fourth-order valence-corrected chi connectivity index (χ4v) is 4.20. The molecular formula is C24H25N5O. The lowest BCUT2D eigenvalue weighted by Crippen LogP contribution is -2.46. The molecule has 0 bridgehead atoms. The number of hydrogen-bond donors (Lipinski definition) is 0. The Labute approximate surface area is 176 Å². The summed E-state index contributed by atoms with van der Waals surface area (Å²) in [6.07, 6.45) is 1.95. The molecule has 0 spiro atoms. The number of fused-ring (bicyclic) bond motifs is 1. The molecule has 2 aromatic carbocycles. The van der Waals surface area contributed by atoms with Crippen LogP contribution in [0.3, 0.4) is 0 Å². The van der Waals surface area contributed by atoms with Gasteiger partial charge in [-0.3, -0.25) is 4.79 Å². The minimum absolute atomic E-state index is 0.703. The van der Waals surface area contributed by atoms with Crippen molar-refractivity contribution in [2.75, 3.05) is 42.5 Å². The highest BCUT2D eigenvalue weighted by Gasteiger charge is 2.22. The lowest BCUT2D eigenvalue weighted by molar-refractivity contribution is -0.118. The van der Waals surface area contributed by atoms with Crippen molar-refractivity contribution < 1.29 is 4.79 Å². The summed E-state index contributed by atoms with van der Waals surface area (Å²) in [4.78, 5) is 27.3. The summed E-state index contributed by atoms with van der Waals surface area (Å²) in [5, 5.41) is 0. The maximum atomic E-state index is 11.1. The van der Waals surface area contributed by atoms with E-state index in [-0.39, 0.29) is 0 Å². The number of carbonyl (C=O) groups excluding carboxylic acids is 1. The van der Waals surface area contributed by atoms with Crippen LogP contribution in [0.5, 0.6) is 0 Å². The normalized spacial score (nSPS) is 16.3. The quantitative estimate of drug-likeness (QED) is 0.632. The second-order valence-corrected chi connectivity index (χ2v) is 7.85. The SMILES string of the molecule is O=CN1CCN(c2nc(-c3ccccc3)cc(N3CCc4ccccc4C3)n2)CC1. The van der Waals surface area contributed by atoms with Gasteiger partial charge in [0, 0.05) is 50.9 Å². The van der Waals surface area contributed by atoms with Crippen LogP contribution in [0.25, 0.3) is 11.3 Å². The summed E-state index contributed by atoms with van der Waals surface area (Å²) in [6, 6.07) is 21.0. The molecule has 0 saturated carbocycles. The first-order valence-corrected chi connectivity index (χ1v) is 10.5. The predicted molar refractivity (Wildman–Crippen MR) is 119 cm³/mol. The molecule has 3 aromatic rings. The van der Waals surface area contributed by atoms with Crippen LogP contribution in [0.1, 0.15) is 11.1 Å². The molecule has 0 N–H and O–H groups in total. The fraction of sp³-hybridized carbons (Fsp3) is 0.292. The summed E-state index contributed by atoms with van der Waals surface area (Å²) in [5.74, 6) is 1.71. The van der Waals surface area contributed by atoms with Gasteiger partial charge >= 0.3 is 0 Å². The molecule has 0 unspecified atom stereocenters. The Balaban J connectivity index is 1.50. The second kappa shape index (κ2) is 8.14. The van der Waals surface area contributed by atoms with E-state index in [0.717, 1.165) is 62.0 Å². The van der Waals surface area contributed by atoms with E-state index in [1.54, 1.807) is 4.90 Å². The molecule has 1 aromatic heterocycles. The van der Waals surface area contributed by atoms with Gasteiger partial charge in [0.15, 0.2) is 0 Å². The molecule has 0 atom stereocenters. The molecule has 1 saturated heterocycles. The maximum Gasteiger partial charge on any atom is 0.228 e. The van der Waals surface area contributed by atoms with Crippen molar-refractivity contribution in [2.24, 2.45) is 0 Å². The number of anilines is 2. The zero-order chi connectivity index (χ0) is 20.3. The minimum atomic E-state index is 0.703. The highest BCUT2D eigenvalue weighted by atomic mass is 16.1. The molecule has 6 heteroatoms. The van der Waals surface area contributed by atoms with Crippen LogP contribution in [0.2, 0.25) is 0 Å². The van der Waals surface area contributed by atoms with Gasteiger partial charge in [0.1, 0.15) is 5.82 Å². The number of rotatable bonds is 4. The van der Waals surface area contributed by atoms with Gasteiger partial charge in [-0.25, -0.2) is 4.98 Å². The van der Waals surface area contributed by atoms with Gasteiger partial charge in [0.25, 0.3) is 0 Å². The first-order valence-electron chi connectivity index (χ1n) is 10.5. The summed E-state index contributed by atoms with van der Waals surface area (Å²) in [6.45, 7) is 4.71. The lowest BCUT2D eigenvalue weighted by Gasteiger charge is -2.34. The zero-order valence-corrected chi connectivity index (χ0v) is 16.9. The molecule has 0 radical (unpaired) electrons. The van der Waals surface area contributed by atoms with Gasteiger partial charge in [-0.2, -0.15) is 4.98 Å². The van der Waals surface area contributed by atoms with E-state index in [1.165, 1.54) is 11.1 Å². The van der Waals surface area contributed by atoms with E-state index < -0.39 is 0 Å². The highest BCUT2D eigenvalue weighted by Crippen LogP contribution is 2.28. The van der Waals surface area contributed by atoms with Crippen LogP contribution in [0.15, 0.2) is 60.7 Å². The third kappa shape index (κ3) is 3.73. The number of hydrogen-bond acceptors (Lipinski definition) is 5. The fourth-order valence-electron chi connectivity index (χ4n) is 4.20. The second-order valence-electron chi connectivity index (χ2n) is 7.85. The first-order chi connectivity index (χ1) is 14.8. The molecule has 1 amide bonds. The summed E-state index contributed by atoms with van der Waals surface area (Å²) < 4.78 is 0. The topological polar surface area (TPSA) is 52.6 Å². The van der Waals surface area contributed by atoms with Crippen LogP contribution in [-0.4, -0.2) is 54.0 Å². The molecule has 2 aliphatic heterocycles. The number of piperazine rings is 1. The van der Waals surface area contributed by atoms with Crippen LogP contribution in [-0.2, 0) is 17.8 Å². The largest absolute Gasteiger partial charge is 0.352 e. The molecule has 3 heterocycles. The van der Waals surface area contributed by atoms with Crippen LogP contribution in [0.4, 0.5) is 11.8 Å². The van der Waals surface area contributed by atoms with E-state index in [1.807, 2.05) is 18.2 Å². The number of benzene rings is 2. The van der Waals surface area contributed by atoms with Crippen molar-refractivity contribution in [3.63, 3.8) is 0 Å². The molecular weight excluding hydrogens is 374 g/mol. The van der Waals surface area contributed by atoms with E-state index in [4.69, 9.17) is 9.97 Å². The van der Waals surface area contributed by atoms with Gasteiger partial charge in [-0.1, -0.05) is 54.6 Å². The summed E-state index contributed by atoms with van der Waals surface area (Å²) in [5.41, 5.74) is 4.82. The smallest absolute Gasteiger partial charge is 0.228 e. The van der Waals surface area contributed by atoms with Crippen LogP contribution in [0, 0.1) is 0 Å².